The van der Waals surface area contributed by atoms with Crippen LogP contribution in [-0.4, -0.2) is 52.2 Å². The molecule has 1 N–H and O–H groups in total. The average Bonchev–Trinajstić information content (AvgIpc) is 2.47. The van der Waals surface area contributed by atoms with Crippen molar-refractivity contribution >= 4 is 10.0 Å². The van der Waals surface area contributed by atoms with Crippen molar-refractivity contribution in [2.45, 2.75) is 31.7 Å². The normalized spacial score (nSPS) is 18.3. The van der Waals surface area contributed by atoms with E-state index >= 15 is 0 Å². The average molecular weight is 344 g/mol. The maximum atomic E-state index is 13.2. The van der Waals surface area contributed by atoms with Crippen LogP contribution in [0, 0.1) is 18.7 Å². The van der Waals surface area contributed by atoms with Gasteiger partial charge in [-0.1, -0.05) is 13.8 Å². The van der Waals surface area contributed by atoms with Crippen molar-refractivity contribution in [2.75, 3.05) is 32.8 Å². The van der Waals surface area contributed by atoms with Gasteiger partial charge in [0.15, 0.2) is 0 Å². The molecule has 1 atom stereocenters. The molecule has 7 heteroatoms. The predicted molar refractivity (Wildman–Crippen MR) is 87.3 cm³/mol. The highest BCUT2D eigenvalue weighted by Crippen LogP contribution is 2.17. The minimum absolute atomic E-state index is 0.106. The number of hydrogen-bond donors (Lipinski definition) is 1. The van der Waals surface area contributed by atoms with Crippen LogP contribution in [0.25, 0.3) is 0 Å². The number of rotatable bonds is 6. The van der Waals surface area contributed by atoms with Crippen LogP contribution in [0.5, 0.6) is 0 Å². The van der Waals surface area contributed by atoms with Gasteiger partial charge >= 0.3 is 0 Å². The number of hydrogen-bond acceptors (Lipinski definition) is 4. The molecule has 0 bridgehead atoms. The molecule has 1 fully saturated rings. The minimum Gasteiger partial charge on any atom is -0.379 e. The summed E-state index contributed by atoms with van der Waals surface area (Å²) >= 11 is 0. The summed E-state index contributed by atoms with van der Waals surface area (Å²) in [6.45, 7) is 9.05. The zero-order chi connectivity index (χ0) is 17.0. The zero-order valence-electron chi connectivity index (χ0n) is 13.9. The third kappa shape index (κ3) is 4.73. The Bertz CT molecular complexity index is 628. The van der Waals surface area contributed by atoms with Crippen molar-refractivity contribution < 1.29 is 17.5 Å². The van der Waals surface area contributed by atoms with Crippen LogP contribution >= 0.6 is 0 Å². The van der Waals surface area contributed by atoms with Crippen molar-refractivity contribution in [3.63, 3.8) is 0 Å². The quantitative estimate of drug-likeness (QED) is 0.854. The first-order valence-electron chi connectivity index (χ1n) is 7.89. The Morgan fingerprint density at radius 1 is 1.30 bits per heavy atom. The Kier molecular flexibility index (Phi) is 6.13. The maximum Gasteiger partial charge on any atom is 0.240 e. The second-order valence-corrected chi connectivity index (χ2v) is 7.96. The number of aryl methyl sites for hydroxylation is 1. The molecule has 1 heterocycles. The van der Waals surface area contributed by atoms with E-state index in [0.717, 1.165) is 13.1 Å². The van der Waals surface area contributed by atoms with Crippen molar-refractivity contribution in [3.8, 4) is 0 Å². The summed E-state index contributed by atoms with van der Waals surface area (Å²) in [6, 6.07) is 3.82. The van der Waals surface area contributed by atoms with Crippen LogP contribution in [0.4, 0.5) is 4.39 Å². The monoisotopic (exact) mass is 344 g/mol. The Morgan fingerprint density at radius 2 is 1.96 bits per heavy atom. The molecule has 1 aliphatic heterocycles. The van der Waals surface area contributed by atoms with Gasteiger partial charge in [0.2, 0.25) is 10.0 Å². The van der Waals surface area contributed by atoms with Crippen molar-refractivity contribution in [2.24, 2.45) is 5.92 Å². The topological polar surface area (TPSA) is 58.6 Å². The van der Waals surface area contributed by atoms with Gasteiger partial charge in [0.25, 0.3) is 0 Å². The van der Waals surface area contributed by atoms with Crippen LogP contribution < -0.4 is 4.72 Å². The predicted octanol–water partition coefficient (Wildman–Crippen LogP) is 1.77. The fourth-order valence-corrected chi connectivity index (χ4v) is 4.16. The smallest absolute Gasteiger partial charge is 0.240 e. The lowest BCUT2D eigenvalue weighted by atomic mass is 10.0. The van der Waals surface area contributed by atoms with E-state index in [1.807, 2.05) is 0 Å². The zero-order valence-corrected chi connectivity index (χ0v) is 14.7. The Labute approximate surface area is 137 Å². The first-order chi connectivity index (χ1) is 10.8. The van der Waals surface area contributed by atoms with Crippen LogP contribution in [0.3, 0.4) is 0 Å². The number of halogens is 1. The number of nitrogens with zero attached hydrogens (tertiary/aromatic N) is 1. The highest BCUT2D eigenvalue weighted by atomic mass is 32.2. The third-order valence-corrected chi connectivity index (χ3v) is 5.78. The van der Waals surface area contributed by atoms with E-state index in [9.17, 15) is 12.8 Å². The van der Waals surface area contributed by atoms with Gasteiger partial charge in [0.1, 0.15) is 5.82 Å². The molecule has 0 spiro atoms. The summed E-state index contributed by atoms with van der Waals surface area (Å²) in [7, 11) is -3.65. The van der Waals surface area contributed by atoms with Gasteiger partial charge in [0.05, 0.1) is 18.1 Å². The summed E-state index contributed by atoms with van der Waals surface area (Å²) in [5.74, 6) is -0.125. The van der Waals surface area contributed by atoms with Crippen LogP contribution in [-0.2, 0) is 14.8 Å². The van der Waals surface area contributed by atoms with E-state index in [0.29, 0.717) is 31.2 Å². The highest BCUT2D eigenvalue weighted by molar-refractivity contribution is 7.89. The number of benzene rings is 1. The van der Waals surface area contributed by atoms with Gasteiger partial charge in [0, 0.05) is 25.7 Å². The number of nitrogens with one attached hydrogen (secondary N) is 1. The Hall–Kier alpha value is -1.02. The van der Waals surface area contributed by atoms with E-state index in [-0.39, 0.29) is 10.9 Å². The lowest BCUT2D eigenvalue weighted by molar-refractivity contribution is 0.00776. The molecule has 0 amide bonds. The van der Waals surface area contributed by atoms with Crippen molar-refractivity contribution in [1.82, 2.24) is 9.62 Å². The second kappa shape index (κ2) is 7.70. The Morgan fingerprint density at radius 3 is 2.52 bits per heavy atom. The Balaban J connectivity index is 2.09. The molecule has 1 saturated heterocycles. The van der Waals surface area contributed by atoms with Gasteiger partial charge in [-0.3, -0.25) is 4.90 Å². The largest absolute Gasteiger partial charge is 0.379 e. The van der Waals surface area contributed by atoms with E-state index in [4.69, 9.17) is 4.74 Å². The van der Waals surface area contributed by atoms with Gasteiger partial charge in [-0.25, -0.2) is 17.5 Å². The van der Waals surface area contributed by atoms with Crippen molar-refractivity contribution in [1.29, 1.82) is 0 Å². The second-order valence-electron chi connectivity index (χ2n) is 6.22. The molecule has 0 unspecified atom stereocenters. The van der Waals surface area contributed by atoms with Crippen LogP contribution in [0.2, 0.25) is 0 Å². The summed E-state index contributed by atoms with van der Waals surface area (Å²) in [6.07, 6.45) is 0. The van der Waals surface area contributed by atoms with Crippen LogP contribution in [0.1, 0.15) is 19.4 Å². The molecule has 0 aromatic heterocycles. The molecule has 130 valence electrons. The summed E-state index contributed by atoms with van der Waals surface area (Å²) in [5, 5.41) is 0. The molecule has 0 aliphatic carbocycles. The number of morpholine rings is 1. The van der Waals surface area contributed by atoms with E-state index in [1.54, 1.807) is 6.92 Å². The minimum atomic E-state index is -3.65. The molecule has 0 saturated carbocycles. The van der Waals surface area contributed by atoms with Gasteiger partial charge in [-0.2, -0.15) is 0 Å². The first-order valence-corrected chi connectivity index (χ1v) is 9.37. The maximum absolute atomic E-state index is 13.2. The summed E-state index contributed by atoms with van der Waals surface area (Å²) in [5.41, 5.74) is 0.407. The van der Waals surface area contributed by atoms with E-state index in [1.165, 1.54) is 18.2 Å². The fraction of sp³-hybridized carbons (Fsp3) is 0.625. The molecular formula is C16H25FN2O3S. The summed E-state index contributed by atoms with van der Waals surface area (Å²) in [4.78, 5) is 2.39. The SMILES string of the molecule is Cc1cc(F)ccc1S(=O)(=O)NC[C@H](C(C)C)N1CCOCC1. The van der Waals surface area contributed by atoms with Gasteiger partial charge < -0.3 is 4.74 Å². The fourth-order valence-electron chi connectivity index (χ4n) is 2.88. The third-order valence-electron chi connectivity index (χ3n) is 4.19. The molecule has 5 nitrogen and oxygen atoms in total. The summed E-state index contributed by atoms with van der Waals surface area (Å²) < 4.78 is 46.2. The van der Waals surface area contributed by atoms with E-state index in [2.05, 4.69) is 23.5 Å². The first kappa shape index (κ1) is 18.3. The van der Waals surface area contributed by atoms with Gasteiger partial charge in [-0.15, -0.1) is 0 Å². The molecule has 23 heavy (non-hydrogen) atoms. The van der Waals surface area contributed by atoms with Gasteiger partial charge in [-0.05, 0) is 36.6 Å². The lowest BCUT2D eigenvalue weighted by Gasteiger charge is -2.36. The molecule has 2 rings (SSSR count). The molecule has 1 aromatic rings. The number of ether oxygens (including phenoxy) is 1. The standard InChI is InChI=1S/C16H25FN2O3S/c1-12(2)15(19-6-8-22-9-7-19)11-18-23(20,21)16-5-4-14(17)10-13(16)3/h4-5,10,12,15,18H,6-9,11H2,1-3H3/t15-/m1/s1. The van der Waals surface area contributed by atoms with Crippen molar-refractivity contribution in [3.05, 3.63) is 29.6 Å². The molecule has 1 aromatic carbocycles. The van der Waals surface area contributed by atoms with E-state index < -0.39 is 15.8 Å². The van der Waals surface area contributed by atoms with Crippen LogP contribution in [0.15, 0.2) is 23.1 Å². The molecular weight excluding hydrogens is 319 g/mol. The highest BCUT2D eigenvalue weighted by Gasteiger charge is 2.26. The lowest BCUT2D eigenvalue weighted by Crippen LogP contribution is -2.51. The number of sulfonamides is 1. The molecule has 1 aliphatic rings. The molecule has 0 radical (unpaired) electrons.